The highest BCUT2D eigenvalue weighted by molar-refractivity contribution is 7.90. The van der Waals surface area contributed by atoms with E-state index in [1.165, 1.54) is 18.2 Å². The van der Waals surface area contributed by atoms with Gasteiger partial charge in [0.15, 0.2) is 9.84 Å². The molecule has 1 heterocycles. The van der Waals surface area contributed by atoms with Crippen LogP contribution < -0.4 is 5.32 Å². The maximum atomic E-state index is 11.8. The third kappa shape index (κ3) is 3.98. The number of hydrogen-bond acceptors (Lipinski definition) is 6. The Kier molecular flexibility index (Phi) is 5.17. The number of nitro groups is 1. The summed E-state index contributed by atoms with van der Waals surface area (Å²) < 4.78 is 25.5. The molecule has 0 bridgehead atoms. The smallest absolute Gasteiger partial charge is 0.310 e. The molecule has 0 aliphatic carbocycles. The number of hydrogen-bond donors (Lipinski definition) is 1. The van der Waals surface area contributed by atoms with Gasteiger partial charge in [-0.05, 0) is 44.9 Å². The van der Waals surface area contributed by atoms with Gasteiger partial charge in [0.1, 0.15) is 10.6 Å². The van der Waals surface area contributed by atoms with Crippen molar-refractivity contribution in [2.45, 2.75) is 38.1 Å². The first-order chi connectivity index (χ1) is 11.5. The highest BCUT2D eigenvalue weighted by atomic mass is 32.2. The Bertz CT molecular complexity index is 918. The fraction of sp³-hybridized carbons (Fsp3) is 0.438. The van der Waals surface area contributed by atoms with E-state index in [-0.39, 0.29) is 16.6 Å². The molecule has 0 fully saturated rings. The first kappa shape index (κ1) is 18.9. The van der Waals surface area contributed by atoms with Crippen LogP contribution in [0.3, 0.4) is 0 Å². The van der Waals surface area contributed by atoms with Crippen molar-refractivity contribution in [3.63, 3.8) is 0 Å². The fourth-order valence-electron chi connectivity index (χ4n) is 2.86. The van der Waals surface area contributed by atoms with Crippen LogP contribution in [0.4, 0.5) is 11.4 Å². The molecule has 136 valence electrons. The zero-order valence-electron chi connectivity index (χ0n) is 14.9. The Morgan fingerprint density at radius 1 is 1.36 bits per heavy atom. The minimum Gasteiger partial charge on any atom is -0.377 e. The van der Waals surface area contributed by atoms with Crippen molar-refractivity contribution in [3.8, 4) is 0 Å². The summed E-state index contributed by atoms with van der Waals surface area (Å²) in [6.45, 7) is 5.78. The Balaban J connectivity index is 2.35. The molecule has 8 nitrogen and oxygen atoms in total. The van der Waals surface area contributed by atoms with Gasteiger partial charge in [0.05, 0.1) is 10.6 Å². The van der Waals surface area contributed by atoms with Crippen LogP contribution in [-0.4, -0.2) is 35.4 Å². The summed E-state index contributed by atoms with van der Waals surface area (Å²) in [6.07, 6.45) is 1.58. The van der Waals surface area contributed by atoms with E-state index in [0.29, 0.717) is 6.42 Å². The summed E-state index contributed by atoms with van der Waals surface area (Å²) in [4.78, 5) is 10.5. The van der Waals surface area contributed by atoms with Gasteiger partial charge >= 0.3 is 5.69 Å². The molecule has 0 saturated carbocycles. The second-order valence-electron chi connectivity index (χ2n) is 6.20. The summed E-state index contributed by atoms with van der Waals surface area (Å²) in [5.41, 5.74) is 2.79. The van der Waals surface area contributed by atoms with E-state index in [9.17, 15) is 18.5 Å². The lowest BCUT2D eigenvalue weighted by Gasteiger charge is -2.16. The van der Waals surface area contributed by atoms with Gasteiger partial charge in [-0.25, -0.2) is 8.42 Å². The second kappa shape index (κ2) is 6.83. The molecule has 9 heteroatoms. The van der Waals surface area contributed by atoms with Crippen molar-refractivity contribution >= 4 is 21.2 Å². The van der Waals surface area contributed by atoms with E-state index in [0.717, 1.165) is 23.2 Å². The highest BCUT2D eigenvalue weighted by Gasteiger charge is 2.27. The summed E-state index contributed by atoms with van der Waals surface area (Å²) in [6, 6.07) is 4.12. The van der Waals surface area contributed by atoms with Gasteiger partial charge in [-0.2, -0.15) is 5.10 Å². The van der Waals surface area contributed by atoms with Crippen LogP contribution >= 0.6 is 0 Å². The van der Waals surface area contributed by atoms with Gasteiger partial charge in [-0.15, -0.1) is 0 Å². The van der Waals surface area contributed by atoms with Crippen LogP contribution in [0.2, 0.25) is 0 Å². The van der Waals surface area contributed by atoms with Gasteiger partial charge in [0, 0.05) is 25.0 Å². The molecule has 1 N–H and O–H groups in total. The molecule has 25 heavy (non-hydrogen) atoms. The van der Waals surface area contributed by atoms with E-state index >= 15 is 0 Å². The predicted octanol–water partition coefficient (Wildman–Crippen LogP) is 2.39. The van der Waals surface area contributed by atoms with Crippen molar-refractivity contribution in [1.82, 2.24) is 9.78 Å². The number of nitrogens with one attached hydrogen (secondary N) is 1. The number of anilines is 1. The SMILES string of the molecule is Cc1nn(C)c(C)c1CC(C)Nc1cccc(S(C)(=O)=O)c1[N+](=O)[O-]. The molecular formula is C16H22N4O4S. The molecule has 0 saturated heterocycles. The molecule has 0 aliphatic rings. The van der Waals surface area contributed by atoms with E-state index < -0.39 is 20.4 Å². The third-order valence-electron chi connectivity index (χ3n) is 4.15. The first-order valence-corrected chi connectivity index (χ1v) is 9.64. The van der Waals surface area contributed by atoms with Crippen LogP contribution in [0.1, 0.15) is 23.9 Å². The van der Waals surface area contributed by atoms with Crippen molar-refractivity contribution in [2.24, 2.45) is 7.05 Å². The summed E-state index contributed by atoms with van der Waals surface area (Å²) in [5.74, 6) is 0. The maximum Gasteiger partial charge on any atom is 0.310 e. The predicted molar refractivity (Wildman–Crippen MR) is 95.7 cm³/mol. The second-order valence-corrected chi connectivity index (χ2v) is 8.19. The monoisotopic (exact) mass is 366 g/mol. The maximum absolute atomic E-state index is 11.8. The Morgan fingerprint density at radius 2 is 2.00 bits per heavy atom. The number of benzene rings is 1. The van der Waals surface area contributed by atoms with E-state index in [4.69, 9.17) is 0 Å². The van der Waals surface area contributed by atoms with Gasteiger partial charge in [0.2, 0.25) is 0 Å². The number of nitrogens with zero attached hydrogens (tertiary/aromatic N) is 3. The minimum absolute atomic E-state index is 0.143. The van der Waals surface area contributed by atoms with Gasteiger partial charge in [-0.1, -0.05) is 6.07 Å². The molecule has 1 aromatic carbocycles. The number of rotatable bonds is 6. The van der Waals surface area contributed by atoms with Crippen molar-refractivity contribution in [1.29, 1.82) is 0 Å². The largest absolute Gasteiger partial charge is 0.377 e. The van der Waals surface area contributed by atoms with Crippen molar-refractivity contribution in [3.05, 3.63) is 45.3 Å². The Hall–Kier alpha value is -2.42. The van der Waals surface area contributed by atoms with Crippen LogP contribution in [0.15, 0.2) is 23.1 Å². The third-order valence-corrected chi connectivity index (χ3v) is 5.28. The standard InChI is InChI=1S/C16H22N4O4S/c1-10(9-13-11(2)18-19(4)12(13)3)17-14-7-6-8-15(25(5,23)24)16(14)20(21)22/h6-8,10,17H,9H2,1-5H3. The van der Waals surface area contributed by atoms with Gasteiger partial charge in [0.25, 0.3) is 0 Å². The minimum atomic E-state index is -3.70. The Labute approximate surface area is 146 Å². The summed E-state index contributed by atoms with van der Waals surface area (Å²) in [7, 11) is -1.84. The summed E-state index contributed by atoms with van der Waals surface area (Å²) >= 11 is 0. The van der Waals surface area contributed by atoms with Crippen LogP contribution in [0.25, 0.3) is 0 Å². The normalized spacial score (nSPS) is 12.8. The first-order valence-electron chi connectivity index (χ1n) is 7.75. The topological polar surface area (TPSA) is 107 Å². The lowest BCUT2D eigenvalue weighted by atomic mass is 10.0. The Morgan fingerprint density at radius 3 is 2.48 bits per heavy atom. The number of para-hydroxylation sites is 1. The van der Waals surface area contributed by atoms with Crippen LogP contribution in [0, 0.1) is 24.0 Å². The zero-order chi connectivity index (χ0) is 18.9. The molecule has 1 unspecified atom stereocenters. The molecule has 0 aliphatic heterocycles. The molecule has 1 aromatic heterocycles. The van der Waals surface area contributed by atoms with Crippen molar-refractivity contribution < 1.29 is 13.3 Å². The average molecular weight is 366 g/mol. The van der Waals surface area contributed by atoms with E-state index in [2.05, 4.69) is 10.4 Å². The number of nitro benzene ring substituents is 1. The van der Waals surface area contributed by atoms with Gasteiger partial charge < -0.3 is 5.32 Å². The lowest BCUT2D eigenvalue weighted by molar-refractivity contribution is -0.386. The fourth-order valence-corrected chi connectivity index (χ4v) is 3.72. The molecule has 0 amide bonds. The van der Waals surface area contributed by atoms with Crippen LogP contribution in [0.5, 0.6) is 0 Å². The number of aromatic nitrogens is 2. The summed E-state index contributed by atoms with van der Waals surface area (Å²) in [5, 5.41) is 18.9. The average Bonchev–Trinajstić information content (AvgIpc) is 2.72. The molecule has 0 radical (unpaired) electrons. The molecular weight excluding hydrogens is 344 g/mol. The number of aryl methyl sites for hydroxylation is 2. The highest BCUT2D eigenvalue weighted by Crippen LogP contribution is 2.32. The molecule has 2 rings (SSSR count). The molecule has 1 atom stereocenters. The van der Waals surface area contributed by atoms with Gasteiger partial charge in [-0.3, -0.25) is 14.8 Å². The van der Waals surface area contributed by atoms with E-state index in [1.807, 2.05) is 27.8 Å². The molecule has 0 spiro atoms. The quantitative estimate of drug-likeness (QED) is 0.621. The van der Waals surface area contributed by atoms with Crippen LogP contribution in [-0.2, 0) is 23.3 Å². The lowest BCUT2D eigenvalue weighted by Crippen LogP contribution is -2.20. The van der Waals surface area contributed by atoms with Crippen molar-refractivity contribution in [2.75, 3.05) is 11.6 Å². The zero-order valence-corrected chi connectivity index (χ0v) is 15.7. The van der Waals surface area contributed by atoms with E-state index in [1.54, 1.807) is 4.68 Å². The number of sulfone groups is 1. The molecule has 2 aromatic rings.